The van der Waals surface area contributed by atoms with Gasteiger partial charge in [-0.15, -0.1) is 24.8 Å². The first-order valence-corrected chi connectivity index (χ1v) is 9.70. The van der Waals surface area contributed by atoms with Gasteiger partial charge in [-0.05, 0) is 63.0 Å². The van der Waals surface area contributed by atoms with Gasteiger partial charge in [0.15, 0.2) is 0 Å². The molecule has 0 spiro atoms. The van der Waals surface area contributed by atoms with Crippen molar-refractivity contribution in [2.75, 3.05) is 38.6 Å². The fraction of sp³-hybridized carbons (Fsp3) is 0.600. The van der Waals surface area contributed by atoms with Crippen molar-refractivity contribution >= 4 is 42.3 Å². The number of carbonyl (C=O) groups is 2. The molecule has 164 valence electrons. The Balaban J connectivity index is 0.00000210. The molecule has 0 radical (unpaired) electrons. The largest absolute Gasteiger partial charge is 0.369 e. The molecular weight excluding hydrogens is 415 g/mol. The average molecular weight is 447 g/mol. The quantitative estimate of drug-likeness (QED) is 0.620. The Labute approximate surface area is 184 Å². The van der Waals surface area contributed by atoms with Gasteiger partial charge in [0, 0.05) is 25.9 Å². The fourth-order valence-corrected chi connectivity index (χ4v) is 3.98. The van der Waals surface area contributed by atoms with Crippen LogP contribution >= 0.6 is 24.8 Å². The van der Waals surface area contributed by atoms with Gasteiger partial charge in [0.1, 0.15) is 5.60 Å². The van der Waals surface area contributed by atoms with Crippen molar-refractivity contribution in [1.29, 1.82) is 0 Å². The number of ether oxygens (including phenoxy) is 1. The molecule has 4 N–H and O–H groups in total. The van der Waals surface area contributed by atoms with E-state index in [-0.39, 0.29) is 42.5 Å². The lowest BCUT2D eigenvalue weighted by atomic mass is 9.91. The number of primary amides is 1. The number of nitrogens with one attached hydrogen (secondary N) is 2. The summed E-state index contributed by atoms with van der Waals surface area (Å²) in [5.41, 5.74) is 6.63. The van der Waals surface area contributed by atoms with E-state index < -0.39 is 5.60 Å². The van der Waals surface area contributed by atoms with E-state index in [1.807, 2.05) is 24.3 Å². The highest BCUT2D eigenvalue weighted by Gasteiger charge is 2.39. The van der Waals surface area contributed by atoms with Crippen molar-refractivity contribution < 1.29 is 14.3 Å². The molecular formula is C20H32Cl2N4O3. The van der Waals surface area contributed by atoms with Crippen LogP contribution in [-0.4, -0.2) is 55.6 Å². The summed E-state index contributed by atoms with van der Waals surface area (Å²) in [5.74, 6) is -0.338. The summed E-state index contributed by atoms with van der Waals surface area (Å²) in [4.78, 5) is 26.4. The molecule has 7 nitrogen and oxygen atoms in total. The molecule has 0 bridgehead atoms. The molecule has 2 aliphatic rings. The van der Waals surface area contributed by atoms with Gasteiger partial charge in [-0.2, -0.15) is 0 Å². The van der Waals surface area contributed by atoms with E-state index in [0.717, 1.165) is 56.8 Å². The summed E-state index contributed by atoms with van der Waals surface area (Å²) in [6.07, 6.45) is 3.22. The molecule has 29 heavy (non-hydrogen) atoms. The smallest absolute Gasteiger partial charge is 0.256 e. The number of rotatable bonds is 6. The van der Waals surface area contributed by atoms with E-state index in [9.17, 15) is 9.59 Å². The average Bonchev–Trinajstić information content (AvgIpc) is 2.70. The minimum absolute atomic E-state index is 0. The number of benzene rings is 1. The van der Waals surface area contributed by atoms with E-state index in [4.69, 9.17) is 10.5 Å². The molecule has 2 heterocycles. The molecule has 0 saturated carbocycles. The molecule has 0 aromatic heterocycles. The maximum Gasteiger partial charge on any atom is 0.256 e. The van der Waals surface area contributed by atoms with Crippen LogP contribution in [0.15, 0.2) is 24.3 Å². The third kappa shape index (κ3) is 6.55. The second-order valence-electron chi connectivity index (χ2n) is 7.58. The highest BCUT2D eigenvalue weighted by Crippen LogP contribution is 2.25. The van der Waals surface area contributed by atoms with Gasteiger partial charge < -0.3 is 21.1 Å². The number of nitrogens with two attached hydrogens (primary N) is 1. The first-order chi connectivity index (χ1) is 13.0. The maximum absolute atomic E-state index is 12.7. The zero-order valence-electron chi connectivity index (χ0n) is 16.8. The molecule has 2 aliphatic heterocycles. The standard InChI is InChI=1S/C20H30N4O3.2ClH/c1-27-20(8-10-22-11-9-20)19(26)23-17-6-4-15(5-7-17)13-24-12-2-3-16(14-24)18(21)25;;/h4-7,16,22H,2-3,8-14H2,1H3,(H2,21,25)(H,23,26);2*1H. The van der Waals surface area contributed by atoms with Crippen LogP contribution in [0.1, 0.15) is 31.2 Å². The molecule has 3 rings (SSSR count). The van der Waals surface area contributed by atoms with Crippen molar-refractivity contribution in [3.8, 4) is 0 Å². The summed E-state index contributed by atoms with van der Waals surface area (Å²) in [6.45, 7) is 4.04. The van der Waals surface area contributed by atoms with E-state index >= 15 is 0 Å². The summed E-state index contributed by atoms with van der Waals surface area (Å²) in [6, 6.07) is 7.89. The van der Waals surface area contributed by atoms with Crippen molar-refractivity contribution in [2.45, 2.75) is 37.8 Å². The van der Waals surface area contributed by atoms with Gasteiger partial charge in [-0.25, -0.2) is 0 Å². The lowest BCUT2D eigenvalue weighted by molar-refractivity contribution is -0.140. The second-order valence-corrected chi connectivity index (χ2v) is 7.58. The van der Waals surface area contributed by atoms with Gasteiger partial charge in [-0.3, -0.25) is 14.5 Å². The Bertz CT molecular complexity index is 666. The first kappa shape index (κ1) is 25.7. The number of carbonyl (C=O) groups excluding carboxylic acids is 2. The Morgan fingerprint density at radius 3 is 2.48 bits per heavy atom. The fourth-order valence-electron chi connectivity index (χ4n) is 3.98. The van der Waals surface area contributed by atoms with Crippen LogP contribution in [0.2, 0.25) is 0 Å². The third-order valence-corrected chi connectivity index (χ3v) is 5.74. The number of likely N-dealkylation sites (tertiary alicyclic amines) is 1. The molecule has 1 aromatic carbocycles. The van der Waals surface area contributed by atoms with Crippen LogP contribution in [0.3, 0.4) is 0 Å². The molecule has 1 unspecified atom stereocenters. The van der Waals surface area contributed by atoms with Crippen molar-refractivity contribution in [2.24, 2.45) is 11.7 Å². The number of methoxy groups -OCH3 is 1. The SMILES string of the molecule is COC1(C(=O)Nc2ccc(CN3CCCC(C(N)=O)C3)cc2)CCNCC1.Cl.Cl. The number of hydrogen-bond donors (Lipinski definition) is 3. The molecule has 0 aliphatic carbocycles. The highest BCUT2D eigenvalue weighted by molar-refractivity contribution is 5.97. The third-order valence-electron chi connectivity index (χ3n) is 5.74. The van der Waals surface area contributed by atoms with E-state index in [1.54, 1.807) is 7.11 Å². The van der Waals surface area contributed by atoms with Gasteiger partial charge in [0.25, 0.3) is 5.91 Å². The number of amides is 2. The zero-order chi connectivity index (χ0) is 19.3. The Morgan fingerprint density at radius 2 is 1.90 bits per heavy atom. The number of halogens is 2. The van der Waals surface area contributed by atoms with E-state index in [1.165, 1.54) is 0 Å². The molecule has 2 amide bonds. The van der Waals surface area contributed by atoms with Crippen LogP contribution in [0.25, 0.3) is 0 Å². The first-order valence-electron chi connectivity index (χ1n) is 9.70. The lowest BCUT2D eigenvalue weighted by Crippen LogP contribution is -2.51. The van der Waals surface area contributed by atoms with E-state index in [0.29, 0.717) is 12.8 Å². The predicted octanol–water partition coefficient (Wildman–Crippen LogP) is 1.93. The van der Waals surface area contributed by atoms with Gasteiger partial charge >= 0.3 is 0 Å². The molecule has 9 heteroatoms. The van der Waals surface area contributed by atoms with Crippen LogP contribution in [0.5, 0.6) is 0 Å². The van der Waals surface area contributed by atoms with Crippen LogP contribution in [0.4, 0.5) is 5.69 Å². The Kier molecular flexibility index (Phi) is 10.4. The van der Waals surface area contributed by atoms with Crippen LogP contribution < -0.4 is 16.4 Å². The van der Waals surface area contributed by atoms with Gasteiger partial charge in [-0.1, -0.05) is 12.1 Å². The number of anilines is 1. The summed E-state index contributed by atoms with van der Waals surface area (Å²) in [7, 11) is 1.60. The molecule has 2 fully saturated rings. The van der Waals surface area contributed by atoms with Gasteiger partial charge in [0.05, 0.1) is 5.92 Å². The predicted molar refractivity (Wildman–Crippen MR) is 119 cm³/mol. The van der Waals surface area contributed by atoms with Crippen molar-refractivity contribution in [3.05, 3.63) is 29.8 Å². The number of hydrogen-bond acceptors (Lipinski definition) is 5. The number of nitrogens with zero attached hydrogens (tertiary/aromatic N) is 1. The molecule has 2 saturated heterocycles. The minimum atomic E-state index is -0.749. The summed E-state index contributed by atoms with van der Waals surface area (Å²) < 4.78 is 5.57. The van der Waals surface area contributed by atoms with Crippen molar-refractivity contribution in [1.82, 2.24) is 10.2 Å². The normalized spacial score (nSPS) is 21.3. The topological polar surface area (TPSA) is 96.7 Å². The number of piperidine rings is 2. The van der Waals surface area contributed by atoms with Crippen LogP contribution in [0, 0.1) is 5.92 Å². The maximum atomic E-state index is 12.7. The van der Waals surface area contributed by atoms with E-state index in [2.05, 4.69) is 15.5 Å². The molecule has 1 aromatic rings. The zero-order valence-corrected chi connectivity index (χ0v) is 18.4. The van der Waals surface area contributed by atoms with Gasteiger partial charge in [0.2, 0.25) is 5.91 Å². The lowest BCUT2D eigenvalue weighted by Gasteiger charge is -2.34. The highest BCUT2D eigenvalue weighted by atomic mass is 35.5. The minimum Gasteiger partial charge on any atom is -0.369 e. The second kappa shape index (κ2) is 11.7. The summed E-state index contributed by atoms with van der Waals surface area (Å²) in [5, 5.41) is 6.24. The monoisotopic (exact) mass is 446 g/mol. The summed E-state index contributed by atoms with van der Waals surface area (Å²) >= 11 is 0. The molecule has 1 atom stereocenters. The van der Waals surface area contributed by atoms with Crippen molar-refractivity contribution in [3.63, 3.8) is 0 Å². The Morgan fingerprint density at radius 1 is 1.24 bits per heavy atom. The van der Waals surface area contributed by atoms with Crippen LogP contribution in [-0.2, 0) is 20.9 Å². The Hall–Kier alpha value is -1.38.